The second kappa shape index (κ2) is 20.6. The van der Waals surface area contributed by atoms with Crippen molar-refractivity contribution in [3.63, 3.8) is 0 Å². The number of aryl methyl sites for hydroxylation is 1. The van der Waals surface area contributed by atoms with E-state index in [1.807, 2.05) is 96.3 Å². The molecule has 3 aliphatic rings. The highest BCUT2D eigenvalue weighted by atomic mass is 32.1. The molecular weight excluding hydrogens is 903 g/mol. The molecule has 3 aliphatic heterocycles. The first kappa shape index (κ1) is 46.8. The van der Waals surface area contributed by atoms with Gasteiger partial charge in [-0.25, -0.2) is 14.8 Å². The number of thiazole rings is 1. The average Bonchev–Trinajstić information content (AvgIpc) is 3.94. The van der Waals surface area contributed by atoms with Crippen LogP contribution in [-0.2, 0) is 24.8 Å². The Hall–Kier alpha value is -6.88. The molecule has 362 valence electrons. The molecule has 0 saturated carbocycles. The van der Waals surface area contributed by atoms with Crippen LogP contribution in [0.25, 0.3) is 32.2 Å². The van der Waals surface area contributed by atoms with Gasteiger partial charge in [0.05, 0.1) is 39.6 Å². The molecule has 2 unspecified atom stereocenters. The number of carbonyl (C=O) groups is 3. The van der Waals surface area contributed by atoms with Crippen molar-refractivity contribution in [1.29, 1.82) is 0 Å². The summed E-state index contributed by atoms with van der Waals surface area (Å²) in [6, 6.07) is 29.3. The number of ether oxygens (including phenoxy) is 1. The third kappa shape index (κ3) is 9.80. The number of aliphatic hydroxyl groups is 1. The smallest absolute Gasteiger partial charge is 0.355 e. The van der Waals surface area contributed by atoms with Crippen LogP contribution in [-0.4, -0.2) is 105 Å². The Balaban J connectivity index is 0.688. The molecule has 3 aromatic heterocycles. The highest BCUT2D eigenvalue weighted by molar-refractivity contribution is 7.22. The lowest BCUT2D eigenvalue weighted by Crippen LogP contribution is -2.46. The summed E-state index contributed by atoms with van der Waals surface area (Å²) < 4.78 is 9.21. The molecule has 10 rings (SSSR count). The summed E-state index contributed by atoms with van der Waals surface area (Å²) >= 11 is 1.44. The summed E-state index contributed by atoms with van der Waals surface area (Å²) in [6.45, 7) is 8.51. The molecule has 0 aliphatic carbocycles. The van der Waals surface area contributed by atoms with Crippen LogP contribution in [0.1, 0.15) is 94.1 Å². The Morgan fingerprint density at radius 2 is 1.64 bits per heavy atom. The summed E-state index contributed by atoms with van der Waals surface area (Å²) in [5.74, 6) is -0.582. The molecule has 0 spiro atoms. The summed E-state index contributed by atoms with van der Waals surface area (Å²) in [4.78, 5) is 55.5. The summed E-state index contributed by atoms with van der Waals surface area (Å²) in [5.41, 5.74) is 8.50. The van der Waals surface area contributed by atoms with Crippen LogP contribution in [0.2, 0.25) is 0 Å². The number of aliphatic hydroxyl groups excluding tert-OH is 1. The number of carboxylic acids is 1. The number of piperidine rings is 1. The molecule has 7 aromatic rings. The van der Waals surface area contributed by atoms with Crippen molar-refractivity contribution in [1.82, 2.24) is 30.0 Å². The van der Waals surface area contributed by atoms with E-state index in [4.69, 9.17) is 14.8 Å². The average molecular weight is 962 g/mol. The normalized spacial score (nSPS) is 17.4. The SMILES string of the molecule is Cc1c(OCCCCCCCN2CCN(c3cccc4c(C5CCC(O)NC5=O)nn(C)c34)CC2)cccc1-c1ccc(N2CCc3cccc(C(=O)Nc4nc5ccccc5s4)c3C2)nc1C(=O)O. The minimum absolute atomic E-state index is 0.0288. The molecule has 15 nitrogen and oxygen atoms in total. The zero-order chi connectivity index (χ0) is 48.3. The van der Waals surface area contributed by atoms with Gasteiger partial charge in [0.2, 0.25) is 5.91 Å². The van der Waals surface area contributed by atoms with E-state index < -0.39 is 12.2 Å². The van der Waals surface area contributed by atoms with Crippen LogP contribution in [0.3, 0.4) is 0 Å². The lowest BCUT2D eigenvalue weighted by atomic mass is 9.92. The van der Waals surface area contributed by atoms with Crippen molar-refractivity contribution >= 4 is 66.9 Å². The maximum atomic E-state index is 13.6. The minimum atomic E-state index is -1.11. The Labute approximate surface area is 411 Å². The van der Waals surface area contributed by atoms with Crippen molar-refractivity contribution < 1.29 is 29.3 Å². The fourth-order valence-electron chi connectivity index (χ4n) is 10.4. The number of carbonyl (C=O) groups excluding carboxylic acids is 2. The fourth-order valence-corrected chi connectivity index (χ4v) is 11.3. The van der Waals surface area contributed by atoms with Gasteiger partial charge in [0, 0.05) is 62.8 Å². The number of amides is 2. The number of pyridine rings is 1. The van der Waals surface area contributed by atoms with Crippen LogP contribution in [0, 0.1) is 6.92 Å². The van der Waals surface area contributed by atoms with Gasteiger partial charge in [0.25, 0.3) is 5.91 Å². The van der Waals surface area contributed by atoms with Gasteiger partial charge in [-0.15, -0.1) is 0 Å². The number of carboxylic acid groups (broad SMARTS) is 1. The lowest BCUT2D eigenvalue weighted by molar-refractivity contribution is -0.128. The van der Waals surface area contributed by atoms with Gasteiger partial charge in [0.1, 0.15) is 17.8 Å². The number of unbranched alkanes of at least 4 members (excludes halogenated alkanes) is 4. The van der Waals surface area contributed by atoms with E-state index in [1.165, 1.54) is 11.3 Å². The van der Waals surface area contributed by atoms with E-state index in [-0.39, 0.29) is 23.4 Å². The number of para-hydroxylation sites is 2. The van der Waals surface area contributed by atoms with Crippen LogP contribution >= 0.6 is 11.3 Å². The van der Waals surface area contributed by atoms with Crippen LogP contribution in [0.15, 0.2) is 91.0 Å². The summed E-state index contributed by atoms with van der Waals surface area (Å²) in [6.07, 6.45) is 6.43. The summed E-state index contributed by atoms with van der Waals surface area (Å²) in [7, 11) is 1.95. The molecule has 6 heterocycles. The molecule has 4 aromatic carbocycles. The maximum absolute atomic E-state index is 13.6. The van der Waals surface area contributed by atoms with Gasteiger partial charge < -0.3 is 30.1 Å². The minimum Gasteiger partial charge on any atom is -0.493 e. The molecule has 2 amide bonds. The second-order valence-electron chi connectivity index (χ2n) is 18.6. The summed E-state index contributed by atoms with van der Waals surface area (Å²) in [5, 5.41) is 32.4. The zero-order valence-electron chi connectivity index (χ0n) is 39.7. The van der Waals surface area contributed by atoms with Crippen LogP contribution < -0.4 is 25.2 Å². The van der Waals surface area contributed by atoms with Gasteiger partial charge in [-0.1, -0.05) is 79.1 Å². The lowest BCUT2D eigenvalue weighted by Gasteiger charge is -2.36. The number of aromatic carboxylic acids is 1. The number of benzene rings is 4. The van der Waals surface area contributed by atoms with Crippen molar-refractivity contribution in [2.45, 2.75) is 77.0 Å². The number of fused-ring (bicyclic) bond motifs is 3. The molecular formula is C54H59N9O6S. The third-order valence-electron chi connectivity index (χ3n) is 14.2. The highest BCUT2D eigenvalue weighted by Crippen LogP contribution is 2.37. The first-order valence-corrected chi connectivity index (χ1v) is 25.3. The zero-order valence-corrected chi connectivity index (χ0v) is 40.5. The van der Waals surface area contributed by atoms with Gasteiger partial charge in [-0.2, -0.15) is 5.10 Å². The Bertz CT molecular complexity index is 3040. The van der Waals surface area contributed by atoms with Gasteiger partial charge >= 0.3 is 5.97 Å². The van der Waals surface area contributed by atoms with Crippen molar-refractivity contribution in [2.75, 3.05) is 61.0 Å². The number of nitrogens with one attached hydrogen (secondary N) is 2. The molecule has 2 saturated heterocycles. The number of aromatic nitrogens is 4. The van der Waals surface area contributed by atoms with E-state index in [1.54, 1.807) is 0 Å². The van der Waals surface area contributed by atoms with Gasteiger partial charge in [-0.05, 0) is 110 Å². The van der Waals surface area contributed by atoms with Crippen molar-refractivity contribution in [3.05, 3.63) is 125 Å². The largest absolute Gasteiger partial charge is 0.493 e. The third-order valence-corrected chi connectivity index (χ3v) is 15.1. The number of hydrogen-bond acceptors (Lipinski definition) is 12. The predicted molar refractivity (Wildman–Crippen MR) is 274 cm³/mol. The van der Waals surface area contributed by atoms with E-state index in [0.717, 1.165) is 125 Å². The molecule has 0 radical (unpaired) electrons. The standard InChI is InChI=1S/C54H59N9O6S/c1-34-36(37-21-23-46(56-49(37)53(67)68)63-27-25-35-13-10-15-38(41(35)33-63)51(65)58-54-55-42-17-6-7-20-45(42)70-54)14-12-19-44(34)69-32-9-5-3-4-8-26-61-28-30-62(31-29-61)43-18-11-16-39-48(59-60(2)50(39)43)40-22-24-47(64)57-52(40)66/h6-7,10-21,23,40,47,64H,3-5,8-9,22,24-33H2,1-2H3,(H,57,66)(H,67,68)(H,55,58,65). The van der Waals surface area contributed by atoms with Crippen LogP contribution in [0.4, 0.5) is 16.6 Å². The fraction of sp³-hybridized carbons (Fsp3) is 0.370. The topological polar surface area (TPSA) is 178 Å². The van der Waals surface area contributed by atoms with E-state index in [2.05, 4.69) is 43.6 Å². The number of anilines is 3. The highest BCUT2D eigenvalue weighted by Gasteiger charge is 2.33. The van der Waals surface area contributed by atoms with Crippen molar-refractivity contribution in [3.8, 4) is 16.9 Å². The van der Waals surface area contributed by atoms with Gasteiger partial charge in [0.15, 0.2) is 10.8 Å². The first-order chi connectivity index (χ1) is 34.1. The number of nitrogens with zero attached hydrogens (tertiary/aromatic N) is 7. The van der Waals surface area contributed by atoms with Crippen molar-refractivity contribution in [2.24, 2.45) is 7.05 Å². The Morgan fingerprint density at radius 3 is 2.47 bits per heavy atom. The monoisotopic (exact) mass is 961 g/mol. The Morgan fingerprint density at radius 1 is 0.843 bits per heavy atom. The molecule has 16 heteroatoms. The maximum Gasteiger partial charge on any atom is 0.355 e. The second-order valence-corrected chi connectivity index (χ2v) is 19.7. The predicted octanol–water partition coefficient (Wildman–Crippen LogP) is 8.53. The molecule has 2 fully saturated rings. The first-order valence-electron chi connectivity index (χ1n) is 24.5. The molecule has 2 atom stereocenters. The molecule has 4 N–H and O–H groups in total. The number of rotatable bonds is 16. The van der Waals surface area contributed by atoms with E-state index in [9.17, 15) is 24.6 Å². The van der Waals surface area contributed by atoms with E-state index >= 15 is 0 Å². The van der Waals surface area contributed by atoms with E-state index in [0.29, 0.717) is 61.0 Å². The molecule has 70 heavy (non-hydrogen) atoms. The number of hydrogen-bond donors (Lipinski definition) is 4. The van der Waals surface area contributed by atoms with Crippen LogP contribution in [0.5, 0.6) is 5.75 Å². The Kier molecular flexibility index (Phi) is 13.8. The van der Waals surface area contributed by atoms with Gasteiger partial charge in [-0.3, -0.25) is 24.5 Å². The quantitative estimate of drug-likeness (QED) is 0.0680. The molecule has 0 bridgehead atoms. The number of piperazine rings is 1.